The number of hydrazone groups is 1. The van der Waals surface area contributed by atoms with Crippen molar-refractivity contribution in [3.05, 3.63) is 53.6 Å². The van der Waals surface area contributed by atoms with Crippen LogP contribution in [0, 0.1) is 0 Å². The maximum absolute atomic E-state index is 12.8. The lowest BCUT2D eigenvalue weighted by Gasteiger charge is -2.19. The van der Waals surface area contributed by atoms with Crippen LogP contribution in [0.4, 0.5) is 5.69 Å². The van der Waals surface area contributed by atoms with Gasteiger partial charge in [0.25, 0.3) is 0 Å². The van der Waals surface area contributed by atoms with E-state index < -0.39 is 7.75 Å². The molecule has 27 heavy (non-hydrogen) atoms. The second-order valence-electron chi connectivity index (χ2n) is 5.69. The fourth-order valence-corrected chi connectivity index (χ4v) is 4.33. The van der Waals surface area contributed by atoms with Gasteiger partial charge in [-0.3, -0.25) is 19.6 Å². The van der Waals surface area contributed by atoms with Crippen molar-refractivity contribution in [1.29, 1.82) is 0 Å². The summed E-state index contributed by atoms with van der Waals surface area (Å²) in [5.74, 6) is 0. The van der Waals surface area contributed by atoms with E-state index in [0.29, 0.717) is 11.4 Å². The van der Waals surface area contributed by atoms with Crippen LogP contribution in [0.2, 0.25) is 0 Å². The topological polar surface area (TPSA) is 98.0 Å². The number of benzene rings is 2. The van der Waals surface area contributed by atoms with Crippen molar-refractivity contribution in [2.45, 2.75) is 13.8 Å². The number of hydrogen-bond donors (Lipinski definition) is 3. The number of rotatable bonds is 7. The van der Waals surface area contributed by atoms with Crippen molar-refractivity contribution in [3.63, 3.8) is 0 Å². The predicted octanol–water partition coefficient (Wildman–Crippen LogP) is 3.85. The van der Waals surface area contributed by atoms with Crippen LogP contribution in [0.5, 0.6) is 0 Å². The molecule has 0 aliphatic heterocycles. The fraction of sp³-hybridized carbons (Fsp3) is 0.222. The zero-order chi connectivity index (χ0) is 19.4. The maximum Gasteiger partial charge on any atom is 0.432 e. The molecule has 142 valence electrons. The molecule has 1 aliphatic rings. The highest BCUT2D eigenvalue weighted by atomic mass is 32.1. The van der Waals surface area contributed by atoms with Crippen LogP contribution in [0.3, 0.4) is 0 Å². The second kappa shape index (κ2) is 8.19. The molecule has 0 radical (unpaired) electrons. The molecular formula is C18H21N4O3PS. The van der Waals surface area contributed by atoms with E-state index in [2.05, 4.69) is 15.6 Å². The highest BCUT2D eigenvalue weighted by molar-refractivity contribution is 7.80. The Morgan fingerprint density at radius 3 is 2.33 bits per heavy atom. The van der Waals surface area contributed by atoms with Gasteiger partial charge in [-0.05, 0) is 49.3 Å². The van der Waals surface area contributed by atoms with Crippen LogP contribution < -0.4 is 16.2 Å². The average molecular weight is 404 g/mol. The SMILES string of the molecule is CCOP(=O)(Nc1ccc2c(c1)/C(=N\NC(N)=S)c1ccccc1-2)OCC. The van der Waals surface area contributed by atoms with Crippen molar-refractivity contribution in [2.75, 3.05) is 18.3 Å². The molecule has 0 heterocycles. The summed E-state index contributed by atoms with van der Waals surface area (Å²) in [6.45, 7) is 4.06. The normalized spacial score (nSPS) is 13.9. The number of nitrogens with two attached hydrogens (primary N) is 1. The first-order chi connectivity index (χ1) is 13.0. The third kappa shape index (κ3) is 4.20. The highest BCUT2D eigenvalue weighted by Crippen LogP contribution is 2.48. The Morgan fingerprint density at radius 2 is 1.70 bits per heavy atom. The number of anilines is 1. The van der Waals surface area contributed by atoms with E-state index >= 15 is 0 Å². The van der Waals surface area contributed by atoms with E-state index in [4.69, 9.17) is 27.0 Å². The Labute approximate surface area is 163 Å². The summed E-state index contributed by atoms with van der Waals surface area (Å²) in [7, 11) is -3.44. The van der Waals surface area contributed by atoms with Gasteiger partial charge in [0, 0.05) is 16.8 Å². The summed E-state index contributed by atoms with van der Waals surface area (Å²) in [6.07, 6.45) is 0. The van der Waals surface area contributed by atoms with Gasteiger partial charge in [-0.25, -0.2) is 4.57 Å². The molecule has 9 heteroatoms. The number of thiocarbonyl (C=S) groups is 1. The van der Waals surface area contributed by atoms with Gasteiger partial charge in [0.05, 0.1) is 18.9 Å². The molecule has 0 spiro atoms. The van der Waals surface area contributed by atoms with Gasteiger partial charge in [-0.15, -0.1) is 0 Å². The lowest BCUT2D eigenvalue weighted by atomic mass is 10.1. The third-order valence-corrected chi connectivity index (χ3v) is 5.71. The van der Waals surface area contributed by atoms with Gasteiger partial charge in [-0.2, -0.15) is 5.10 Å². The van der Waals surface area contributed by atoms with Gasteiger partial charge in [0.2, 0.25) is 0 Å². The summed E-state index contributed by atoms with van der Waals surface area (Å²) in [6, 6.07) is 13.6. The Balaban J connectivity index is 2.02. The molecular weight excluding hydrogens is 383 g/mol. The lowest BCUT2D eigenvalue weighted by Crippen LogP contribution is -2.25. The molecule has 0 saturated carbocycles. The van der Waals surface area contributed by atoms with E-state index in [0.717, 1.165) is 22.3 Å². The largest absolute Gasteiger partial charge is 0.432 e. The first-order valence-electron chi connectivity index (χ1n) is 8.52. The Bertz CT molecular complexity index is 938. The minimum absolute atomic E-state index is 0.0832. The number of nitrogens with zero attached hydrogens (tertiary/aromatic N) is 1. The van der Waals surface area contributed by atoms with E-state index in [1.165, 1.54) is 0 Å². The maximum atomic E-state index is 12.8. The van der Waals surface area contributed by atoms with Crippen LogP contribution in [-0.2, 0) is 13.6 Å². The molecule has 0 unspecified atom stereocenters. The van der Waals surface area contributed by atoms with Crippen LogP contribution in [0.1, 0.15) is 25.0 Å². The molecule has 2 aromatic carbocycles. The van der Waals surface area contributed by atoms with Crippen molar-refractivity contribution in [3.8, 4) is 11.1 Å². The highest BCUT2D eigenvalue weighted by Gasteiger charge is 2.28. The van der Waals surface area contributed by atoms with Gasteiger partial charge >= 0.3 is 7.75 Å². The second-order valence-corrected chi connectivity index (χ2v) is 7.86. The smallest absolute Gasteiger partial charge is 0.375 e. The Hall–Kier alpha value is -2.25. The summed E-state index contributed by atoms with van der Waals surface area (Å²) in [5.41, 5.74) is 13.4. The first kappa shape index (κ1) is 19.5. The molecule has 4 N–H and O–H groups in total. The average Bonchev–Trinajstić information content (AvgIpc) is 2.93. The quantitative estimate of drug-likeness (QED) is 0.313. The minimum atomic E-state index is -3.44. The molecule has 0 fully saturated rings. The Kier molecular flexibility index (Phi) is 5.92. The molecule has 3 rings (SSSR count). The number of nitrogens with one attached hydrogen (secondary N) is 2. The van der Waals surface area contributed by atoms with E-state index in [9.17, 15) is 4.57 Å². The Morgan fingerprint density at radius 1 is 1.07 bits per heavy atom. The van der Waals surface area contributed by atoms with Gasteiger partial charge in [0.15, 0.2) is 5.11 Å². The van der Waals surface area contributed by atoms with Crippen molar-refractivity contribution >= 4 is 36.5 Å². The first-order valence-corrected chi connectivity index (χ1v) is 10.5. The molecule has 2 aromatic rings. The zero-order valence-corrected chi connectivity index (χ0v) is 16.8. The fourth-order valence-electron chi connectivity index (χ4n) is 2.95. The molecule has 0 atom stereocenters. The van der Waals surface area contributed by atoms with Gasteiger partial charge in [0.1, 0.15) is 0 Å². The van der Waals surface area contributed by atoms with Crippen molar-refractivity contribution in [1.82, 2.24) is 5.43 Å². The third-order valence-electron chi connectivity index (χ3n) is 3.89. The van der Waals surface area contributed by atoms with E-state index in [1.54, 1.807) is 13.8 Å². The number of hydrogen-bond acceptors (Lipinski definition) is 5. The molecule has 7 nitrogen and oxygen atoms in total. The minimum Gasteiger partial charge on any atom is -0.375 e. The predicted molar refractivity (Wildman–Crippen MR) is 112 cm³/mol. The number of fused-ring (bicyclic) bond motifs is 3. The van der Waals surface area contributed by atoms with Crippen LogP contribution in [0.25, 0.3) is 11.1 Å². The molecule has 0 saturated heterocycles. The van der Waals surface area contributed by atoms with Crippen LogP contribution >= 0.6 is 20.0 Å². The zero-order valence-electron chi connectivity index (χ0n) is 15.1. The van der Waals surface area contributed by atoms with E-state index in [-0.39, 0.29) is 18.3 Å². The lowest BCUT2D eigenvalue weighted by molar-refractivity contribution is 0.225. The van der Waals surface area contributed by atoms with Gasteiger partial charge < -0.3 is 5.73 Å². The summed E-state index contributed by atoms with van der Waals surface area (Å²) < 4.78 is 23.4. The molecule has 0 amide bonds. The summed E-state index contributed by atoms with van der Waals surface area (Å²) >= 11 is 4.86. The van der Waals surface area contributed by atoms with Crippen LogP contribution in [-0.4, -0.2) is 24.0 Å². The van der Waals surface area contributed by atoms with E-state index in [1.807, 2.05) is 42.5 Å². The van der Waals surface area contributed by atoms with Crippen LogP contribution in [0.15, 0.2) is 47.6 Å². The molecule has 0 aromatic heterocycles. The van der Waals surface area contributed by atoms with Gasteiger partial charge in [-0.1, -0.05) is 30.3 Å². The molecule has 0 bridgehead atoms. The summed E-state index contributed by atoms with van der Waals surface area (Å²) in [5, 5.41) is 7.32. The van der Waals surface area contributed by atoms with Crippen molar-refractivity contribution in [2.24, 2.45) is 10.8 Å². The monoisotopic (exact) mass is 404 g/mol. The molecule has 1 aliphatic carbocycles. The summed E-state index contributed by atoms with van der Waals surface area (Å²) in [4.78, 5) is 0. The van der Waals surface area contributed by atoms with Crippen molar-refractivity contribution < 1.29 is 13.6 Å². The standard InChI is InChI=1S/C18H21N4O3PS/c1-3-24-26(23,25-4-2)22-12-9-10-14-13-7-5-6-8-15(13)17(16(14)11-12)20-21-18(19)27/h5-11H,3-4H2,1-2H3,(H,22,23)(H3,19,21,27)/b20-17-.